The number of nitrogens with one attached hydrogen (secondary N) is 1. The molecule has 3 rings (SSSR count). The first-order valence-electron chi connectivity index (χ1n) is 7.52. The number of amides is 1. The van der Waals surface area contributed by atoms with Gasteiger partial charge in [-0.15, -0.1) is 0 Å². The number of rotatable bonds is 3. The second-order valence-electron chi connectivity index (χ2n) is 5.67. The average molecular weight is 342 g/mol. The van der Waals surface area contributed by atoms with Crippen LogP contribution in [0.4, 0.5) is 0 Å². The van der Waals surface area contributed by atoms with Crippen LogP contribution < -0.4 is 10.9 Å². The van der Waals surface area contributed by atoms with Gasteiger partial charge in [0, 0.05) is 28.6 Å². The molecule has 5 heteroatoms. The third-order valence-electron chi connectivity index (χ3n) is 4.04. The summed E-state index contributed by atoms with van der Waals surface area (Å²) in [6, 6.07) is 12.0. The second-order valence-corrected chi connectivity index (χ2v) is 6.10. The number of benzene rings is 2. The molecule has 0 aliphatic rings. The van der Waals surface area contributed by atoms with Crippen LogP contribution in [0.15, 0.2) is 51.7 Å². The van der Waals surface area contributed by atoms with Crippen molar-refractivity contribution in [3.05, 3.63) is 80.2 Å². The highest BCUT2D eigenvalue weighted by Gasteiger charge is 2.11. The first-order chi connectivity index (χ1) is 11.5. The molecule has 0 spiro atoms. The van der Waals surface area contributed by atoms with E-state index in [9.17, 15) is 9.59 Å². The molecule has 0 aliphatic carbocycles. The summed E-state index contributed by atoms with van der Waals surface area (Å²) in [5, 5.41) is 4.14. The van der Waals surface area contributed by atoms with Crippen LogP contribution >= 0.6 is 11.6 Å². The quantitative estimate of drug-likeness (QED) is 0.733. The Morgan fingerprint density at radius 2 is 1.96 bits per heavy atom. The zero-order chi connectivity index (χ0) is 17.3. The average Bonchev–Trinajstić information content (AvgIpc) is 2.56. The topological polar surface area (TPSA) is 59.3 Å². The summed E-state index contributed by atoms with van der Waals surface area (Å²) in [6.45, 7) is 4.10. The van der Waals surface area contributed by atoms with Crippen molar-refractivity contribution in [3.8, 4) is 0 Å². The Labute approximate surface area is 144 Å². The van der Waals surface area contributed by atoms with E-state index in [1.165, 1.54) is 6.07 Å². The standard InChI is InChI=1S/C19H16ClNO3/c1-11-6-7-16-14(9-17(22)24-18(16)12(11)2)10-21-19(23)13-4-3-5-15(20)8-13/h3-9H,10H2,1-2H3,(H,21,23). The Morgan fingerprint density at radius 3 is 2.71 bits per heavy atom. The number of halogens is 1. The fourth-order valence-corrected chi connectivity index (χ4v) is 2.77. The van der Waals surface area contributed by atoms with Gasteiger partial charge < -0.3 is 9.73 Å². The number of hydrogen-bond acceptors (Lipinski definition) is 3. The van der Waals surface area contributed by atoms with Crippen molar-refractivity contribution >= 4 is 28.5 Å². The maximum absolute atomic E-state index is 12.2. The zero-order valence-corrected chi connectivity index (χ0v) is 14.1. The lowest BCUT2D eigenvalue weighted by molar-refractivity contribution is 0.0951. The number of carbonyl (C=O) groups is 1. The number of aryl methyl sites for hydroxylation is 2. The molecule has 0 atom stereocenters. The van der Waals surface area contributed by atoms with Gasteiger partial charge in [0.05, 0.1) is 0 Å². The Bertz CT molecular complexity index is 992. The summed E-state index contributed by atoms with van der Waals surface area (Å²) in [5.41, 5.74) is 3.30. The summed E-state index contributed by atoms with van der Waals surface area (Å²) >= 11 is 5.90. The van der Waals surface area contributed by atoms with Crippen LogP contribution in [0.25, 0.3) is 11.0 Å². The third-order valence-corrected chi connectivity index (χ3v) is 4.28. The van der Waals surface area contributed by atoms with Gasteiger partial charge in [-0.3, -0.25) is 4.79 Å². The maximum Gasteiger partial charge on any atom is 0.336 e. The Balaban J connectivity index is 1.92. The molecule has 0 radical (unpaired) electrons. The molecule has 4 nitrogen and oxygen atoms in total. The fourth-order valence-electron chi connectivity index (χ4n) is 2.58. The van der Waals surface area contributed by atoms with Gasteiger partial charge in [0.2, 0.25) is 0 Å². The lowest BCUT2D eigenvalue weighted by Crippen LogP contribution is -2.23. The maximum atomic E-state index is 12.2. The summed E-state index contributed by atoms with van der Waals surface area (Å²) in [5.74, 6) is -0.247. The number of carbonyl (C=O) groups excluding carboxylic acids is 1. The lowest BCUT2D eigenvalue weighted by atomic mass is 10.0. The van der Waals surface area contributed by atoms with E-state index in [0.717, 1.165) is 22.1 Å². The van der Waals surface area contributed by atoms with Gasteiger partial charge in [-0.25, -0.2) is 4.79 Å². The van der Waals surface area contributed by atoms with E-state index < -0.39 is 5.63 Å². The highest BCUT2D eigenvalue weighted by atomic mass is 35.5. The summed E-state index contributed by atoms with van der Waals surface area (Å²) in [7, 11) is 0. The van der Waals surface area contributed by atoms with Crippen molar-refractivity contribution < 1.29 is 9.21 Å². The highest BCUT2D eigenvalue weighted by molar-refractivity contribution is 6.30. The molecule has 122 valence electrons. The molecule has 0 saturated carbocycles. The van der Waals surface area contributed by atoms with Crippen molar-refractivity contribution in [2.75, 3.05) is 0 Å². The first-order valence-corrected chi connectivity index (χ1v) is 7.90. The molecule has 3 aromatic rings. The van der Waals surface area contributed by atoms with E-state index in [-0.39, 0.29) is 12.5 Å². The van der Waals surface area contributed by atoms with Crippen molar-refractivity contribution in [1.29, 1.82) is 0 Å². The van der Waals surface area contributed by atoms with Crippen LogP contribution in [0.5, 0.6) is 0 Å². The molecule has 0 unspecified atom stereocenters. The van der Waals surface area contributed by atoms with Crippen LogP contribution in [0, 0.1) is 13.8 Å². The van der Waals surface area contributed by atoms with Gasteiger partial charge in [0.15, 0.2) is 0 Å². The molecule has 1 aromatic heterocycles. The third kappa shape index (κ3) is 3.19. The Morgan fingerprint density at radius 1 is 1.17 bits per heavy atom. The largest absolute Gasteiger partial charge is 0.422 e. The van der Waals surface area contributed by atoms with E-state index in [0.29, 0.717) is 16.2 Å². The highest BCUT2D eigenvalue weighted by Crippen LogP contribution is 2.23. The van der Waals surface area contributed by atoms with Crippen molar-refractivity contribution in [3.63, 3.8) is 0 Å². The predicted molar refractivity (Wildman–Crippen MR) is 94.6 cm³/mol. The van der Waals surface area contributed by atoms with Crippen LogP contribution in [0.2, 0.25) is 5.02 Å². The monoisotopic (exact) mass is 341 g/mol. The van der Waals surface area contributed by atoms with Crippen molar-refractivity contribution in [2.24, 2.45) is 0 Å². The molecule has 0 fully saturated rings. The van der Waals surface area contributed by atoms with Gasteiger partial charge in [-0.2, -0.15) is 0 Å². The van der Waals surface area contributed by atoms with Crippen LogP contribution in [0.3, 0.4) is 0 Å². The smallest absolute Gasteiger partial charge is 0.336 e. The molecule has 0 bridgehead atoms. The van der Waals surface area contributed by atoms with E-state index in [1.807, 2.05) is 26.0 Å². The van der Waals surface area contributed by atoms with E-state index >= 15 is 0 Å². The molecular weight excluding hydrogens is 326 g/mol. The molecule has 1 heterocycles. The Kier molecular flexibility index (Phi) is 4.40. The van der Waals surface area contributed by atoms with Gasteiger partial charge in [0.25, 0.3) is 5.91 Å². The summed E-state index contributed by atoms with van der Waals surface area (Å²) in [6.07, 6.45) is 0. The summed E-state index contributed by atoms with van der Waals surface area (Å²) in [4.78, 5) is 24.1. The molecule has 0 aliphatic heterocycles. The van der Waals surface area contributed by atoms with Crippen molar-refractivity contribution in [1.82, 2.24) is 5.32 Å². The Hall–Kier alpha value is -2.59. The number of fused-ring (bicyclic) bond motifs is 1. The van der Waals surface area contributed by atoms with E-state index in [1.54, 1.807) is 24.3 Å². The molecule has 0 saturated heterocycles. The normalized spacial score (nSPS) is 10.8. The lowest BCUT2D eigenvalue weighted by Gasteiger charge is -2.10. The van der Waals surface area contributed by atoms with Crippen molar-refractivity contribution in [2.45, 2.75) is 20.4 Å². The molecular formula is C19H16ClNO3. The summed E-state index contributed by atoms with van der Waals surface area (Å²) < 4.78 is 5.34. The van der Waals surface area contributed by atoms with Gasteiger partial charge in [-0.1, -0.05) is 29.8 Å². The minimum absolute atomic E-state index is 0.232. The zero-order valence-electron chi connectivity index (χ0n) is 13.4. The minimum atomic E-state index is -0.428. The molecule has 24 heavy (non-hydrogen) atoms. The first kappa shape index (κ1) is 16.3. The van der Waals surface area contributed by atoms with Gasteiger partial charge in [0.1, 0.15) is 5.58 Å². The van der Waals surface area contributed by atoms with Gasteiger partial charge in [-0.05, 0) is 48.7 Å². The minimum Gasteiger partial charge on any atom is -0.422 e. The fraction of sp³-hybridized carbons (Fsp3) is 0.158. The van der Waals surface area contributed by atoms with Gasteiger partial charge >= 0.3 is 5.63 Å². The second kappa shape index (κ2) is 6.49. The number of hydrogen-bond donors (Lipinski definition) is 1. The SMILES string of the molecule is Cc1ccc2c(CNC(=O)c3cccc(Cl)c3)cc(=O)oc2c1C. The van der Waals surface area contributed by atoms with Crippen LogP contribution in [-0.2, 0) is 6.54 Å². The van der Waals surface area contributed by atoms with Crippen LogP contribution in [-0.4, -0.2) is 5.91 Å². The molecule has 2 aromatic carbocycles. The van der Waals surface area contributed by atoms with E-state index in [2.05, 4.69) is 5.32 Å². The van der Waals surface area contributed by atoms with Crippen LogP contribution in [0.1, 0.15) is 27.0 Å². The molecule has 1 amide bonds. The predicted octanol–water partition coefficient (Wildman–Crippen LogP) is 3.99. The van der Waals surface area contributed by atoms with E-state index in [4.69, 9.17) is 16.0 Å². The molecule has 1 N–H and O–H groups in total.